The summed E-state index contributed by atoms with van der Waals surface area (Å²) >= 11 is 0. The van der Waals surface area contributed by atoms with Crippen LogP contribution in [0.5, 0.6) is 0 Å². The van der Waals surface area contributed by atoms with Gasteiger partial charge in [0.1, 0.15) is 0 Å². The van der Waals surface area contributed by atoms with Crippen LogP contribution in [-0.2, 0) is 0 Å². The van der Waals surface area contributed by atoms with Gasteiger partial charge in [0.05, 0.1) is 4.92 Å². The fourth-order valence-corrected chi connectivity index (χ4v) is 2.00. The Morgan fingerprint density at radius 1 is 1.56 bits per heavy atom. The Kier molecular flexibility index (Phi) is 3.31. The largest absolute Gasteiger partial charge is 0.465 e. The van der Waals surface area contributed by atoms with Gasteiger partial charge in [0, 0.05) is 37.0 Å². The van der Waals surface area contributed by atoms with Crippen LogP contribution in [0.2, 0.25) is 0 Å². The number of nitro benzene ring substituents is 1. The number of anilines is 1. The molecule has 1 amide bonds. The number of carboxylic acid groups (broad SMARTS) is 1. The Hall–Kier alpha value is -2.31. The number of carbonyl (C=O) groups is 1. The van der Waals surface area contributed by atoms with Crippen molar-refractivity contribution in [2.45, 2.75) is 12.5 Å². The SMILES string of the molecule is O=C(O)N1CCC(Nc2cccc([N+](=O)[O-])c2)C1. The van der Waals surface area contributed by atoms with Crippen LogP contribution >= 0.6 is 0 Å². The van der Waals surface area contributed by atoms with Crippen molar-refractivity contribution in [3.63, 3.8) is 0 Å². The van der Waals surface area contributed by atoms with E-state index < -0.39 is 11.0 Å². The Morgan fingerprint density at radius 2 is 2.33 bits per heavy atom. The van der Waals surface area contributed by atoms with Crippen LogP contribution in [0.25, 0.3) is 0 Å². The molecule has 1 unspecified atom stereocenters. The average Bonchev–Trinajstić information content (AvgIpc) is 2.78. The first-order valence-electron chi connectivity index (χ1n) is 5.55. The third-order valence-electron chi connectivity index (χ3n) is 2.89. The van der Waals surface area contributed by atoms with E-state index >= 15 is 0 Å². The van der Waals surface area contributed by atoms with Gasteiger partial charge >= 0.3 is 6.09 Å². The predicted octanol–water partition coefficient (Wildman–Crippen LogP) is 1.76. The number of hydrogen-bond acceptors (Lipinski definition) is 4. The van der Waals surface area contributed by atoms with Gasteiger partial charge in [0.2, 0.25) is 0 Å². The van der Waals surface area contributed by atoms with E-state index in [1.807, 2.05) is 0 Å². The maximum atomic E-state index is 10.8. The molecule has 2 N–H and O–H groups in total. The second-order valence-corrected chi connectivity index (χ2v) is 4.17. The molecule has 0 spiro atoms. The molecular weight excluding hydrogens is 238 g/mol. The van der Waals surface area contributed by atoms with Crippen LogP contribution in [0.1, 0.15) is 6.42 Å². The van der Waals surface area contributed by atoms with Gasteiger partial charge < -0.3 is 15.3 Å². The minimum Gasteiger partial charge on any atom is -0.465 e. The molecule has 0 aliphatic carbocycles. The lowest BCUT2D eigenvalue weighted by molar-refractivity contribution is -0.384. The van der Waals surface area contributed by atoms with Gasteiger partial charge in [-0.05, 0) is 12.5 Å². The summed E-state index contributed by atoms with van der Waals surface area (Å²) in [5, 5.41) is 22.6. The van der Waals surface area contributed by atoms with Gasteiger partial charge in [-0.2, -0.15) is 0 Å². The summed E-state index contributed by atoms with van der Waals surface area (Å²) in [4.78, 5) is 22.2. The molecule has 0 bridgehead atoms. The molecular formula is C11H13N3O4. The molecule has 0 saturated carbocycles. The molecule has 2 rings (SSSR count). The lowest BCUT2D eigenvalue weighted by Crippen LogP contribution is -2.30. The maximum absolute atomic E-state index is 10.8. The number of likely N-dealkylation sites (tertiary alicyclic amines) is 1. The first kappa shape index (κ1) is 12.2. The van der Waals surface area contributed by atoms with Gasteiger partial charge in [-0.15, -0.1) is 0 Å². The second kappa shape index (κ2) is 4.91. The van der Waals surface area contributed by atoms with Crippen molar-refractivity contribution >= 4 is 17.5 Å². The average molecular weight is 251 g/mol. The molecule has 1 aromatic carbocycles. The lowest BCUT2D eigenvalue weighted by atomic mass is 10.2. The topological polar surface area (TPSA) is 95.7 Å². The third kappa shape index (κ3) is 2.68. The zero-order valence-electron chi connectivity index (χ0n) is 9.57. The summed E-state index contributed by atoms with van der Waals surface area (Å²) in [5.74, 6) is 0. The van der Waals surface area contributed by atoms with E-state index in [0.717, 1.165) is 0 Å². The minimum atomic E-state index is -0.932. The number of non-ortho nitro benzene ring substituents is 1. The van der Waals surface area contributed by atoms with E-state index in [1.54, 1.807) is 12.1 Å². The molecule has 7 heteroatoms. The van der Waals surface area contributed by atoms with Gasteiger partial charge in [-0.25, -0.2) is 4.79 Å². The highest BCUT2D eigenvalue weighted by Gasteiger charge is 2.25. The highest BCUT2D eigenvalue weighted by Crippen LogP contribution is 2.20. The van der Waals surface area contributed by atoms with Crippen molar-refractivity contribution < 1.29 is 14.8 Å². The number of hydrogen-bond donors (Lipinski definition) is 2. The van der Waals surface area contributed by atoms with Gasteiger partial charge in [0.15, 0.2) is 0 Å². The normalized spacial score (nSPS) is 18.7. The first-order chi connectivity index (χ1) is 8.56. The molecule has 18 heavy (non-hydrogen) atoms. The van der Waals surface area contributed by atoms with E-state index in [0.29, 0.717) is 25.2 Å². The number of amides is 1. The smallest absolute Gasteiger partial charge is 0.407 e. The number of nitro groups is 1. The van der Waals surface area contributed by atoms with Crippen molar-refractivity contribution in [2.75, 3.05) is 18.4 Å². The molecule has 96 valence electrons. The van der Waals surface area contributed by atoms with E-state index in [-0.39, 0.29) is 11.7 Å². The molecule has 1 fully saturated rings. The van der Waals surface area contributed by atoms with Crippen molar-refractivity contribution in [1.29, 1.82) is 0 Å². The van der Waals surface area contributed by atoms with Gasteiger partial charge in [-0.3, -0.25) is 10.1 Å². The van der Waals surface area contributed by atoms with E-state index in [9.17, 15) is 14.9 Å². The summed E-state index contributed by atoms with van der Waals surface area (Å²) in [6.45, 7) is 0.889. The number of nitrogens with one attached hydrogen (secondary N) is 1. The van der Waals surface area contributed by atoms with Gasteiger partial charge in [-0.1, -0.05) is 6.07 Å². The molecule has 1 heterocycles. The van der Waals surface area contributed by atoms with Crippen LogP contribution in [0.4, 0.5) is 16.2 Å². The minimum absolute atomic E-state index is 0.00287. The molecule has 0 radical (unpaired) electrons. The van der Waals surface area contributed by atoms with E-state index in [1.165, 1.54) is 17.0 Å². The number of rotatable bonds is 3. The van der Waals surface area contributed by atoms with Crippen LogP contribution in [0, 0.1) is 10.1 Å². The van der Waals surface area contributed by atoms with Crippen LogP contribution in [0.3, 0.4) is 0 Å². The fourth-order valence-electron chi connectivity index (χ4n) is 2.00. The van der Waals surface area contributed by atoms with Crippen molar-refractivity contribution in [2.24, 2.45) is 0 Å². The van der Waals surface area contributed by atoms with Crippen LogP contribution < -0.4 is 5.32 Å². The summed E-state index contributed by atoms with van der Waals surface area (Å²) < 4.78 is 0. The first-order valence-corrected chi connectivity index (χ1v) is 5.55. The monoisotopic (exact) mass is 251 g/mol. The Bertz CT molecular complexity index is 477. The quantitative estimate of drug-likeness (QED) is 0.630. The van der Waals surface area contributed by atoms with Crippen molar-refractivity contribution in [3.8, 4) is 0 Å². The Morgan fingerprint density at radius 3 is 2.94 bits per heavy atom. The van der Waals surface area contributed by atoms with E-state index in [2.05, 4.69) is 5.32 Å². The molecule has 0 aromatic heterocycles. The molecule has 1 aromatic rings. The summed E-state index contributed by atoms with van der Waals surface area (Å²) in [7, 11) is 0. The number of benzene rings is 1. The van der Waals surface area contributed by atoms with E-state index in [4.69, 9.17) is 5.11 Å². The van der Waals surface area contributed by atoms with Crippen molar-refractivity contribution in [1.82, 2.24) is 4.90 Å². The summed E-state index contributed by atoms with van der Waals surface area (Å²) in [5.41, 5.74) is 0.662. The molecule has 1 saturated heterocycles. The molecule has 1 aliphatic rings. The maximum Gasteiger partial charge on any atom is 0.407 e. The van der Waals surface area contributed by atoms with Crippen LogP contribution in [-0.4, -0.2) is 40.2 Å². The zero-order valence-corrected chi connectivity index (χ0v) is 9.57. The standard InChI is InChI=1S/C11H13N3O4/c15-11(16)13-5-4-9(7-13)12-8-2-1-3-10(6-8)14(17)18/h1-3,6,9,12H,4-5,7H2,(H,15,16). The number of nitrogens with zero attached hydrogens (tertiary/aromatic N) is 2. The highest BCUT2D eigenvalue weighted by atomic mass is 16.6. The molecule has 1 aliphatic heterocycles. The third-order valence-corrected chi connectivity index (χ3v) is 2.89. The molecule has 7 nitrogen and oxygen atoms in total. The Labute approximate surface area is 103 Å². The zero-order chi connectivity index (χ0) is 13.1. The summed E-state index contributed by atoms with van der Waals surface area (Å²) in [6, 6.07) is 6.20. The highest BCUT2D eigenvalue weighted by molar-refractivity contribution is 5.65. The van der Waals surface area contributed by atoms with Crippen LogP contribution in [0.15, 0.2) is 24.3 Å². The summed E-state index contributed by atoms with van der Waals surface area (Å²) in [6.07, 6.45) is -0.229. The fraction of sp³-hybridized carbons (Fsp3) is 0.364. The second-order valence-electron chi connectivity index (χ2n) is 4.17. The van der Waals surface area contributed by atoms with Crippen molar-refractivity contribution in [3.05, 3.63) is 34.4 Å². The Balaban J connectivity index is 2.00. The molecule has 1 atom stereocenters. The predicted molar refractivity (Wildman–Crippen MR) is 64.7 cm³/mol. The van der Waals surface area contributed by atoms with Gasteiger partial charge in [0.25, 0.3) is 5.69 Å². The lowest BCUT2D eigenvalue weighted by Gasteiger charge is -2.14.